The van der Waals surface area contributed by atoms with E-state index in [0.29, 0.717) is 11.8 Å². The molecule has 1 aromatic heterocycles. The van der Waals surface area contributed by atoms with Gasteiger partial charge in [0.15, 0.2) is 0 Å². The Morgan fingerprint density at radius 2 is 2.20 bits per heavy atom. The van der Waals surface area contributed by atoms with E-state index in [0.717, 1.165) is 0 Å². The average Bonchev–Trinajstić information content (AvgIpc) is 2.10. The third-order valence-corrected chi connectivity index (χ3v) is 1.91. The highest BCUT2D eigenvalue weighted by Gasteiger charge is 2.24. The van der Waals surface area contributed by atoms with Gasteiger partial charge in [-0.1, -0.05) is 11.5 Å². The van der Waals surface area contributed by atoms with E-state index in [1.807, 2.05) is 0 Å². The molecular formula is C6H9N3O. The van der Waals surface area contributed by atoms with Crippen molar-refractivity contribution < 1.29 is 4.42 Å². The number of hydrogen-bond donors (Lipinski definition) is 1. The first-order valence-electron chi connectivity index (χ1n) is 3.45. The fraction of sp³-hybridized carbons (Fsp3) is 0.667. The van der Waals surface area contributed by atoms with Gasteiger partial charge in [0.05, 0.1) is 0 Å². The summed E-state index contributed by atoms with van der Waals surface area (Å²) in [6.07, 6.45) is 3.61. The number of nitrogens with two attached hydrogens (primary N) is 1. The first-order valence-corrected chi connectivity index (χ1v) is 3.45. The largest absolute Gasteiger partial charge is 0.408 e. The van der Waals surface area contributed by atoms with Gasteiger partial charge in [-0.2, -0.15) is 0 Å². The van der Waals surface area contributed by atoms with Gasteiger partial charge in [-0.25, -0.2) is 0 Å². The molecule has 4 heteroatoms. The van der Waals surface area contributed by atoms with Gasteiger partial charge in [0.1, 0.15) is 0 Å². The highest BCUT2D eigenvalue weighted by atomic mass is 16.4. The van der Waals surface area contributed by atoms with E-state index in [2.05, 4.69) is 10.2 Å². The van der Waals surface area contributed by atoms with Gasteiger partial charge in [-0.05, 0) is 12.8 Å². The van der Waals surface area contributed by atoms with E-state index in [1.165, 1.54) is 19.3 Å². The monoisotopic (exact) mass is 139 g/mol. The quantitative estimate of drug-likeness (QED) is 0.628. The molecule has 1 aromatic rings. The molecule has 10 heavy (non-hydrogen) atoms. The van der Waals surface area contributed by atoms with Gasteiger partial charge in [-0.15, -0.1) is 5.10 Å². The third kappa shape index (κ3) is 0.761. The molecule has 0 bridgehead atoms. The normalized spacial score (nSPS) is 18.8. The summed E-state index contributed by atoms with van der Waals surface area (Å²) in [4.78, 5) is 0. The van der Waals surface area contributed by atoms with E-state index in [-0.39, 0.29) is 6.01 Å². The summed E-state index contributed by atoms with van der Waals surface area (Å²) in [5, 5.41) is 7.38. The van der Waals surface area contributed by atoms with Crippen LogP contribution in [-0.4, -0.2) is 10.2 Å². The predicted octanol–water partition coefficient (Wildman–Crippen LogP) is 0.919. The minimum atomic E-state index is 0.182. The van der Waals surface area contributed by atoms with Crippen molar-refractivity contribution in [2.45, 2.75) is 25.2 Å². The van der Waals surface area contributed by atoms with Crippen LogP contribution in [0, 0.1) is 0 Å². The van der Waals surface area contributed by atoms with Crippen molar-refractivity contribution in [1.29, 1.82) is 0 Å². The number of hydrogen-bond acceptors (Lipinski definition) is 4. The van der Waals surface area contributed by atoms with Gasteiger partial charge in [0.2, 0.25) is 5.89 Å². The molecule has 1 heterocycles. The van der Waals surface area contributed by atoms with Crippen molar-refractivity contribution in [2.75, 3.05) is 5.73 Å². The van der Waals surface area contributed by atoms with Crippen LogP contribution in [0.4, 0.5) is 6.01 Å². The van der Waals surface area contributed by atoms with Crippen LogP contribution in [0.15, 0.2) is 4.42 Å². The molecule has 54 valence electrons. The summed E-state index contributed by atoms with van der Waals surface area (Å²) >= 11 is 0. The first kappa shape index (κ1) is 5.70. The van der Waals surface area contributed by atoms with E-state index < -0.39 is 0 Å². The van der Waals surface area contributed by atoms with Crippen molar-refractivity contribution in [3.05, 3.63) is 5.89 Å². The molecule has 1 aliphatic carbocycles. The summed E-state index contributed by atoms with van der Waals surface area (Å²) in [7, 11) is 0. The van der Waals surface area contributed by atoms with Crippen LogP contribution >= 0.6 is 0 Å². The Balaban J connectivity index is 2.17. The Labute approximate surface area is 58.4 Å². The Morgan fingerprint density at radius 3 is 2.60 bits per heavy atom. The van der Waals surface area contributed by atoms with Crippen LogP contribution < -0.4 is 5.73 Å². The minimum absolute atomic E-state index is 0.182. The van der Waals surface area contributed by atoms with E-state index in [1.54, 1.807) is 0 Å². The fourth-order valence-corrected chi connectivity index (χ4v) is 1.07. The van der Waals surface area contributed by atoms with Gasteiger partial charge in [-0.3, -0.25) is 0 Å². The molecule has 1 aliphatic rings. The molecule has 1 saturated carbocycles. The highest BCUT2D eigenvalue weighted by Crippen LogP contribution is 2.35. The molecule has 1 fully saturated rings. The molecule has 0 aromatic carbocycles. The van der Waals surface area contributed by atoms with Crippen molar-refractivity contribution in [3.8, 4) is 0 Å². The number of rotatable bonds is 1. The van der Waals surface area contributed by atoms with Crippen LogP contribution in [0.25, 0.3) is 0 Å². The van der Waals surface area contributed by atoms with Crippen LogP contribution in [0.1, 0.15) is 31.1 Å². The third-order valence-electron chi connectivity index (χ3n) is 1.91. The van der Waals surface area contributed by atoms with E-state index in [9.17, 15) is 0 Å². The Morgan fingerprint density at radius 1 is 1.40 bits per heavy atom. The van der Waals surface area contributed by atoms with E-state index >= 15 is 0 Å². The number of aromatic nitrogens is 2. The highest BCUT2D eigenvalue weighted by molar-refractivity contribution is 5.08. The summed E-state index contributed by atoms with van der Waals surface area (Å²) in [6, 6.07) is 0.182. The van der Waals surface area contributed by atoms with Crippen molar-refractivity contribution in [1.82, 2.24) is 10.2 Å². The number of nitrogens with zero attached hydrogens (tertiary/aromatic N) is 2. The molecule has 4 nitrogen and oxygen atoms in total. The predicted molar refractivity (Wildman–Crippen MR) is 35.3 cm³/mol. The molecule has 0 atom stereocenters. The van der Waals surface area contributed by atoms with Crippen LogP contribution in [0.2, 0.25) is 0 Å². The van der Waals surface area contributed by atoms with Gasteiger partial charge >= 0.3 is 6.01 Å². The maximum atomic E-state index is 5.25. The smallest absolute Gasteiger partial charge is 0.312 e. The fourth-order valence-electron chi connectivity index (χ4n) is 1.07. The molecule has 0 unspecified atom stereocenters. The SMILES string of the molecule is Nc1nnc(C2CCC2)o1. The second kappa shape index (κ2) is 1.97. The molecule has 0 amide bonds. The summed E-state index contributed by atoms with van der Waals surface area (Å²) in [5.41, 5.74) is 5.25. The molecular weight excluding hydrogens is 130 g/mol. The Bertz CT molecular complexity index is 229. The maximum Gasteiger partial charge on any atom is 0.312 e. The summed E-state index contributed by atoms with van der Waals surface area (Å²) in [5.74, 6) is 1.20. The Hall–Kier alpha value is -1.06. The summed E-state index contributed by atoms with van der Waals surface area (Å²) in [6.45, 7) is 0. The lowest BCUT2D eigenvalue weighted by Gasteiger charge is -2.20. The van der Waals surface area contributed by atoms with Gasteiger partial charge in [0, 0.05) is 5.92 Å². The second-order valence-electron chi connectivity index (χ2n) is 2.61. The van der Waals surface area contributed by atoms with Gasteiger partial charge in [0.25, 0.3) is 0 Å². The van der Waals surface area contributed by atoms with Crippen LogP contribution in [0.3, 0.4) is 0 Å². The first-order chi connectivity index (χ1) is 4.86. The zero-order valence-electron chi connectivity index (χ0n) is 5.58. The van der Waals surface area contributed by atoms with Crippen LogP contribution in [0.5, 0.6) is 0 Å². The summed E-state index contributed by atoms with van der Waals surface area (Å²) < 4.78 is 5.04. The van der Waals surface area contributed by atoms with Crippen molar-refractivity contribution >= 4 is 6.01 Å². The Kier molecular flexibility index (Phi) is 1.12. The maximum absolute atomic E-state index is 5.25. The lowest BCUT2D eigenvalue weighted by atomic mass is 9.85. The lowest BCUT2D eigenvalue weighted by molar-refractivity contribution is 0.339. The molecule has 2 rings (SSSR count). The molecule has 0 aliphatic heterocycles. The average molecular weight is 139 g/mol. The van der Waals surface area contributed by atoms with Crippen molar-refractivity contribution in [3.63, 3.8) is 0 Å². The standard InChI is InChI=1S/C6H9N3O/c7-6-9-8-5(10-6)4-2-1-3-4/h4H,1-3H2,(H2,7,9). The van der Waals surface area contributed by atoms with Crippen molar-refractivity contribution in [2.24, 2.45) is 0 Å². The minimum Gasteiger partial charge on any atom is -0.408 e. The number of anilines is 1. The van der Waals surface area contributed by atoms with E-state index in [4.69, 9.17) is 10.2 Å². The topological polar surface area (TPSA) is 64.9 Å². The molecule has 0 radical (unpaired) electrons. The second-order valence-corrected chi connectivity index (χ2v) is 2.61. The zero-order valence-corrected chi connectivity index (χ0v) is 5.58. The molecule has 2 N–H and O–H groups in total. The molecule has 0 saturated heterocycles. The van der Waals surface area contributed by atoms with Gasteiger partial charge < -0.3 is 10.2 Å². The van der Waals surface area contributed by atoms with Crippen LogP contribution in [-0.2, 0) is 0 Å². The number of nitrogen functional groups attached to an aromatic ring is 1. The zero-order chi connectivity index (χ0) is 6.97. The lowest BCUT2D eigenvalue weighted by Crippen LogP contribution is -2.08. The molecule has 0 spiro atoms.